The summed E-state index contributed by atoms with van der Waals surface area (Å²) in [5, 5.41) is 30.1. The molecule has 0 bridgehead atoms. The van der Waals surface area contributed by atoms with Crippen LogP contribution in [0.2, 0.25) is 0 Å². The number of aromatic hydroxyl groups is 1. The Hall–Kier alpha value is -3.82. The number of halogens is 2. The van der Waals surface area contributed by atoms with Gasteiger partial charge in [0.2, 0.25) is 5.91 Å². The Bertz CT molecular complexity index is 1320. The van der Waals surface area contributed by atoms with E-state index in [1.54, 1.807) is 20.8 Å². The smallest absolute Gasteiger partial charge is 0.255 e. The lowest BCUT2D eigenvalue weighted by Crippen LogP contribution is -2.48. The van der Waals surface area contributed by atoms with E-state index >= 15 is 0 Å². The first kappa shape index (κ1) is 30.7. The van der Waals surface area contributed by atoms with Gasteiger partial charge in [-0.25, -0.2) is 8.78 Å². The Morgan fingerprint density at radius 2 is 1.60 bits per heavy atom. The quantitative estimate of drug-likeness (QED) is 0.236. The molecule has 214 valence electrons. The van der Waals surface area contributed by atoms with E-state index in [1.165, 1.54) is 23.8 Å². The highest BCUT2D eigenvalue weighted by Gasteiger charge is 2.25. The molecule has 0 saturated carbocycles. The number of phenolic OH excluding ortho intramolecular Hbond substituents is 1. The fourth-order valence-corrected chi connectivity index (χ4v) is 4.10. The monoisotopic (exact) mass is 553 g/mol. The molecule has 0 aromatic heterocycles. The molecule has 40 heavy (non-hydrogen) atoms. The number of rotatable bonds is 11. The van der Waals surface area contributed by atoms with Crippen LogP contribution in [0.25, 0.3) is 0 Å². The van der Waals surface area contributed by atoms with Crippen molar-refractivity contribution in [1.29, 1.82) is 0 Å². The molecular formula is C31H37F2N3O4. The van der Waals surface area contributed by atoms with E-state index in [1.807, 2.05) is 18.2 Å². The van der Waals surface area contributed by atoms with E-state index in [4.69, 9.17) is 0 Å². The average Bonchev–Trinajstić information content (AvgIpc) is 2.87. The minimum Gasteiger partial charge on any atom is -0.507 e. The summed E-state index contributed by atoms with van der Waals surface area (Å²) in [6.07, 6.45) is -0.294. The van der Waals surface area contributed by atoms with Crippen molar-refractivity contribution in [3.63, 3.8) is 0 Å². The predicted octanol–water partition coefficient (Wildman–Crippen LogP) is 4.71. The molecule has 0 radical (unpaired) electrons. The lowest BCUT2D eigenvalue weighted by atomic mass is 9.95. The first-order valence-corrected chi connectivity index (χ1v) is 13.2. The van der Waals surface area contributed by atoms with Crippen LogP contribution in [0, 0.1) is 17.0 Å². The third-order valence-corrected chi connectivity index (χ3v) is 6.42. The van der Waals surface area contributed by atoms with Crippen LogP contribution in [0.5, 0.6) is 5.75 Å². The normalized spacial score (nSPS) is 13.0. The molecule has 3 aromatic carbocycles. The molecule has 0 saturated heterocycles. The van der Waals surface area contributed by atoms with Gasteiger partial charge in [-0.15, -0.1) is 0 Å². The lowest BCUT2D eigenvalue weighted by Gasteiger charge is -2.25. The number of carbonyl (C=O) groups excluding carboxylic acids is 2. The van der Waals surface area contributed by atoms with E-state index in [2.05, 4.69) is 28.9 Å². The number of hydrogen-bond donors (Lipinski definition) is 5. The van der Waals surface area contributed by atoms with Gasteiger partial charge in [0.15, 0.2) is 0 Å². The topological polar surface area (TPSA) is 111 Å². The van der Waals surface area contributed by atoms with Crippen molar-refractivity contribution in [3.8, 4) is 5.75 Å². The average molecular weight is 554 g/mol. The Kier molecular flexibility index (Phi) is 10.4. The number of hydrogen-bond acceptors (Lipinski definition) is 5. The van der Waals surface area contributed by atoms with Gasteiger partial charge in [0.25, 0.3) is 5.91 Å². The van der Waals surface area contributed by atoms with Crippen LogP contribution in [0.1, 0.15) is 54.7 Å². The van der Waals surface area contributed by atoms with Gasteiger partial charge in [-0.05, 0) is 53.8 Å². The molecule has 0 fully saturated rings. The summed E-state index contributed by atoms with van der Waals surface area (Å²) in [5.41, 5.74) is 2.04. The third kappa shape index (κ3) is 8.86. The number of nitrogens with one attached hydrogen (secondary N) is 3. The van der Waals surface area contributed by atoms with Crippen LogP contribution in [0.15, 0.2) is 60.7 Å². The number of carbonyl (C=O) groups is 2. The summed E-state index contributed by atoms with van der Waals surface area (Å²) < 4.78 is 27.7. The number of aliphatic hydroxyl groups excluding tert-OH is 1. The molecule has 0 spiro atoms. The highest BCUT2D eigenvalue weighted by Crippen LogP contribution is 2.24. The third-order valence-electron chi connectivity index (χ3n) is 6.42. The second-order valence-electron chi connectivity index (χ2n) is 10.9. The maximum absolute atomic E-state index is 13.8. The molecule has 0 heterocycles. The molecule has 5 N–H and O–H groups in total. The Labute approximate surface area is 233 Å². The summed E-state index contributed by atoms with van der Waals surface area (Å²) in [6.45, 7) is 7.86. The number of anilines is 1. The molecule has 0 unspecified atom stereocenters. The van der Waals surface area contributed by atoms with Gasteiger partial charge in [0, 0.05) is 36.3 Å². The van der Waals surface area contributed by atoms with Crippen LogP contribution >= 0.6 is 0 Å². The Morgan fingerprint density at radius 1 is 0.925 bits per heavy atom. The summed E-state index contributed by atoms with van der Waals surface area (Å²) >= 11 is 0. The molecule has 0 aliphatic rings. The molecule has 7 nitrogen and oxygen atoms in total. The molecule has 0 aliphatic heterocycles. The zero-order valence-corrected chi connectivity index (χ0v) is 23.2. The van der Waals surface area contributed by atoms with Crippen molar-refractivity contribution in [1.82, 2.24) is 10.6 Å². The number of amides is 2. The SMILES string of the molecule is CCc1cccc(CNC[C@H](O)[C@H](Cc2cc(F)cc(F)c2)NC(=O)c2ccc(NC(=O)C(C)(C)C)cc2O)c1. The van der Waals surface area contributed by atoms with Crippen molar-refractivity contribution < 1.29 is 28.6 Å². The minimum absolute atomic E-state index is 0.0604. The van der Waals surface area contributed by atoms with Crippen LogP contribution in [0.4, 0.5) is 14.5 Å². The van der Waals surface area contributed by atoms with E-state index in [-0.39, 0.29) is 35.7 Å². The van der Waals surface area contributed by atoms with Gasteiger partial charge in [0.05, 0.1) is 17.7 Å². The fourth-order valence-electron chi connectivity index (χ4n) is 4.10. The van der Waals surface area contributed by atoms with Crippen molar-refractivity contribution in [2.75, 3.05) is 11.9 Å². The van der Waals surface area contributed by atoms with Crippen molar-refractivity contribution in [2.24, 2.45) is 5.41 Å². The second kappa shape index (κ2) is 13.5. The molecular weight excluding hydrogens is 516 g/mol. The zero-order valence-electron chi connectivity index (χ0n) is 23.2. The zero-order chi connectivity index (χ0) is 29.4. The van der Waals surface area contributed by atoms with Crippen LogP contribution in [-0.4, -0.2) is 40.7 Å². The maximum Gasteiger partial charge on any atom is 0.255 e. The number of aliphatic hydroxyl groups is 1. The standard InChI is InChI=1S/C31H37F2N3O4/c1-5-19-7-6-8-20(11-19)17-34-18-28(38)26(14-21-12-22(32)15-23(33)13-21)36-29(39)25-10-9-24(16-27(25)37)35-30(40)31(2,3)4/h6-13,15-16,26,28,34,37-38H,5,14,17-18H2,1-4H3,(H,35,40)(H,36,39)/t26-,28-/m0/s1. The van der Waals surface area contributed by atoms with Gasteiger partial charge in [-0.1, -0.05) is 52.0 Å². The van der Waals surface area contributed by atoms with Gasteiger partial charge in [-0.2, -0.15) is 0 Å². The lowest BCUT2D eigenvalue weighted by molar-refractivity contribution is -0.123. The van der Waals surface area contributed by atoms with E-state index in [9.17, 15) is 28.6 Å². The van der Waals surface area contributed by atoms with E-state index in [0.717, 1.165) is 30.2 Å². The first-order chi connectivity index (χ1) is 18.8. The largest absolute Gasteiger partial charge is 0.507 e. The van der Waals surface area contributed by atoms with Crippen molar-refractivity contribution in [2.45, 2.75) is 59.2 Å². The van der Waals surface area contributed by atoms with Crippen LogP contribution in [-0.2, 0) is 24.2 Å². The van der Waals surface area contributed by atoms with Crippen molar-refractivity contribution in [3.05, 3.63) is 94.6 Å². The summed E-state index contributed by atoms with van der Waals surface area (Å²) in [7, 11) is 0. The van der Waals surface area contributed by atoms with Crippen molar-refractivity contribution >= 4 is 17.5 Å². The highest BCUT2D eigenvalue weighted by molar-refractivity contribution is 5.99. The molecule has 0 aliphatic carbocycles. The summed E-state index contributed by atoms with van der Waals surface area (Å²) in [5.74, 6) is -2.86. The van der Waals surface area contributed by atoms with Crippen LogP contribution < -0.4 is 16.0 Å². The number of phenols is 1. The van der Waals surface area contributed by atoms with E-state index < -0.39 is 35.1 Å². The number of aryl methyl sites for hydroxylation is 1. The molecule has 3 rings (SSSR count). The van der Waals surface area contributed by atoms with Gasteiger partial charge >= 0.3 is 0 Å². The number of benzene rings is 3. The van der Waals surface area contributed by atoms with Crippen LogP contribution in [0.3, 0.4) is 0 Å². The molecule has 2 atom stereocenters. The predicted molar refractivity (Wildman–Crippen MR) is 151 cm³/mol. The fraction of sp³-hybridized carbons (Fsp3) is 0.355. The maximum atomic E-state index is 13.8. The molecule has 9 heteroatoms. The Balaban J connectivity index is 1.75. The highest BCUT2D eigenvalue weighted by atomic mass is 19.1. The first-order valence-electron chi connectivity index (χ1n) is 13.2. The Morgan fingerprint density at radius 3 is 2.23 bits per heavy atom. The molecule has 2 amide bonds. The molecule has 3 aromatic rings. The summed E-state index contributed by atoms with van der Waals surface area (Å²) in [4.78, 5) is 25.4. The van der Waals surface area contributed by atoms with Gasteiger partial charge < -0.3 is 26.2 Å². The second-order valence-corrected chi connectivity index (χ2v) is 10.9. The van der Waals surface area contributed by atoms with Gasteiger partial charge in [-0.3, -0.25) is 9.59 Å². The van der Waals surface area contributed by atoms with Gasteiger partial charge in [0.1, 0.15) is 17.4 Å². The van der Waals surface area contributed by atoms with E-state index in [0.29, 0.717) is 12.2 Å². The minimum atomic E-state index is -1.13. The summed E-state index contributed by atoms with van der Waals surface area (Å²) in [6, 6.07) is 14.2.